The summed E-state index contributed by atoms with van der Waals surface area (Å²) in [5.74, 6) is 6.34. The highest BCUT2D eigenvalue weighted by Crippen LogP contribution is 2.19. The highest BCUT2D eigenvalue weighted by molar-refractivity contribution is 5.89. The third kappa shape index (κ3) is 5.02. The van der Waals surface area contributed by atoms with Gasteiger partial charge in [-0.1, -0.05) is 30.0 Å². The number of carbonyl (C=O) groups excluding carboxylic acids is 2. The van der Waals surface area contributed by atoms with E-state index >= 15 is 0 Å². The molecular formula is C21H20N2O4. The summed E-state index contributed by atoms with van der Waals surface area (Å²) in [7, 11) is 0. The molecule has 1 aliphatic rings. The molecule has 0 radical (unpaired) electrons. The second kappa shape index (κ2) is 8.77. The first-order valence-electron chi connectivity index (χ1n) is 8.62. The Labute approximate surface area is 158 Å². The molecule has 6 nitrogen and oxygen atoms in total. The lowest BCUT2D eigenvalue weighted by atomic mass is 10.2. The Balaban J connectivity index is 1.44. The third-order valence-corrected chi connectivity index (χ3v) is 4.00. The molecule has 6 heteroatoms. The smallest absolute Gasteiger partial charge is 0.414 e. The molecule has 0 aromatic heterocycles. The van der Waals surface area contributed by atoms with Gasteiger partial charge in [0.2, 0.25) is 0 Å². The maximum atomic E-state index is 11.8. The second-order valence-corrected chi connectivity index (χ2v) is 5.95. The molecule has 1 N–H and O–H groups in total. The van der Waals surface area contributed by atoms with Crippen molar-refractivity contribution in [2.75, 3.05) is 31.2 Å². The molecular weight excluding hydrogens is 344 g/mol. The van der Waals surface area contributed by atoms with Gasteiger partial charge in [0, 0.05) is 11.3 Å². The summed E-state index contributed by atoms with van der Waals surface area (Å²) in [4.78, 5) is 24.9. The van der Waals surface area contributed by atoms with Crippen molar-refractivity contribution in [3.8, 4) is 17.6 Å². The predicted molar refractivity (Wildman–Crippen MR) is 102 cm³/mol. The molecule has 2 aromatic carbocycles. The normalized spacial score (nSPS) is 12.8. The number of nitrogens with zero attached hydrogens (tertiary/aromatic N) is 1. The number of para-hydroxylation sites is 1. The van der Waals surface area contributed by atoms with Crippen LogP contribution in [0.2, 0.25) is 0 Å². The molecule has 138 valence electrons. The van der Waals surface area contributed by atoms with E-state index < -0.39 is 0 Å². The van der Waals surface area contributed by atoms with E-state index in [2.05, 4.69) is 17.2 Å². The summed E-state index contributed by atoms with van der Waals surface area (Å²) < 4.78 is 10.4. The molecule has 1 heterocycles. The molecule has 0 saturated carbocycles. The van der Waals surface area contributed by atoms with Crippen LogP contribution in [0.25, 0.3) is 0 Å². The fourth-order valence-corrected chi connectivity index (χ4v) is 2.55. The summed E-state index contributed by atoms with van der Waals surface area (Å²) in [6.07, 6.45) is -0.329. The van der Waals surface area contributed by atoms with Gasteiger partial charge in [-0.3, -0.25) is 9.69 Å². The topological polar surface area (TPSA) is 67.9 Å². The van der Waals surface area contributed by atoms with Crippen molar-refractivity contribution in [1.82, 2.24) is 5.32 Å². The van der Waals surface area contributed by atoms with Gasteiger partial charge < -0.3 is 14.8 Å². The van der Waals surface area contributed by atoms with Crippen molar-refractivity contribution in [1.29, 1.82) is 0 Å². The molecule has 27 heavy (non-hydrogen) atoms. The van der Waals surface area contributed by atoms with E-state index in [1.165, 1.54) is 0 Å². The number of benzene rings is 2. The molecule has 2 aromatic rings. The van der Waals surface area contributed by atoms with Gasteiger partial charge >= 0.3 is 6.09 Å². The van der Waals surface area contributed by atoms with Crippen molar-refractivity contribution in [2.24, 2.45) is 0 Å². The first-order valence-corrected chi connectivity index (χ1v) is 8.62. The third-order valence-electron chi connectivity index (χ3n) is 4.00. The number of aryl methyl sites for hydroxylation is 1. The number of ether oxygens (including phenoxy) is 2. The Morgan fingerprint density at radius 3 is 2.70 bits per heavy atom. The lowest BCUT2D eigenvalue weighted by Crippen LogP contribution is -2.29. The zero-order valence-corrected chi connectivity index (χ0v) is 15.0. The Morgan fingerprint density at radius 2 is 2.00 bits per heavy atom. The largest absolute Gasteiger partial charge is 0.484 e. The van der Waals surface area contributed by atoms with Crippen LogP contribution in [-0.2, 0) is 9.53 Å². The number of rotatable bonds is 5. The summed E-state index contributed by atoms with van der Waals surface area (Å²) in [5, 5.41) is 2.70. The quantitative estimate of drug-likeness (QED) is 0.828. The van der Waals surface area contributed by atoms with E-state index in [1.807, 2.05) is 55.5 Å². The van der Waals surface area contributed by atoms with Crippen LogP contribution < -0.4 is 15.0 Å². The van der Waals surface area contributed by atoms with Crippen molar-refractivity contribution in [3.63, 3.8) is 0 Å². The molecule has 0 spiro atoms. The number of hydrogen-bond donors (Lipinski definition) is 1. The minimum Gasteiger partial charge on any atom is -0.484 e. The number of hydrogen-bond acceptors (Lipinski definition) is 4. The predicted octanol–water partition coefficient (Wildman–Crippen LogP) is 2.50. The summed E-state index contributed by atoms with van der Waals surface area (Å²) in [6.45, 7) is 3.08. The zero-order chi connectivity index (χ0) is 19.1. The van der Waals surface area contributed by atoms with Crippen molar-refractivity contribution in [3.05, 3.63) is 59.7 Å². The first kappa shape index (κ1) is 18.3. The highest BCUT2D eigenvalue weighted by Gasteiger charge is 2.23. The maximum absolute atomic E-state index is 11.8. The Bertz CT molecular complexity index is 881. The van der Waals surface area contributed by atoms with E-state index in [-0.39, 0.29) is 25.2 Å². The molecule has 1 fully saturated rings. The molecule has 0 unspecified atom stereocenters. The van der Waals surface area contributed by atoms with E-state index in [0.29, 0.717) is 18.9 Å². The van der Waals surface area contributed by atoms with Crippen LogP contribution in [0.3, 0.4) is 0 Å². The summed E-state index contributed by atoms with van der Waals surface area (Å²) in [6, 6.07) is 14.8. The van der Waals surface area contributed by atoms with Crippen LogP contribution >= 0.6 is 0 Å². The number of amides is 2. The molecule has 2 amide bonds. The van der Waals surface area contributed by atoms with Crippen LogP contribution in [0.4, 0.5) is 10.5 Å². The molecule has 1 aliphatic heterocycles. The summed E-state index contributed by atoms with van der Waals surface area (Å²) >= 11 is 0. The second-order valence-electron chi connectivity index (χ2n) is 5.95. The van der Waals surface area contributed by atoms with Gasteiger partial charge in [-0.15, -0.1) is 0 Å². The minimum absolute atomic E-state index is 0.0484. The van der Waals surface area contributed by atoms with Crippen molar-refractivity contribution in [2.45, 2.75) is 6.92 Å². The maximum Gasteiger partial charge on any atom is 0.414 e. The standard InChI is InChI=1S/C21H20N2O4/c1-16-5-2-3-7-19(16)27-15-20(24)22-12-4-6-17-8-10-18(11-9-17)23-13-14-26-21(23)25/h2-3,5,7-11H,12-15H2,1H3,(H,22,24). The SMILES string of the molecule is Cc1ccccc1OCC(=O)NCC#Cc1ccc(N2CCOC2=O)cc1. The number of nitrogens with one attached hydrogen (secondary N) is 1. The van der Waals surface area contributed by atoms with Gasteiger partial charge in [0.05, 0.1) is 13.1 Å². The molecule has 0 atom stereocenters. The van der Waals surface area contributed by atoms with Gasteiger partial charge in [0.15, 0.2) is 6.61 Å². The van der Waals surface area contributed by atoms with Crippen molar-refractivity contribution >= 4 is 17.7 Å². The average Bonchev–Trinajstić information content (AvgIpc) is 3.11. The van der Waals surface area contributed by atoms with E-state index in [9.17, 15) is 9.59 Å². The van der Waals surface area contributed by atoms with Crippen LogP contribution in [0.15, 0.2) is 48.5 Å². The Kier molecular flexibility index (Phi) is 5.95. The van der Waals surface area contributed by atoms with E-state index in [0.717, 1.165) is 16.8 Å². The zero-order valence-electron chi connectivity index (χ0n) is 15.0. The van der Waals surface area contributed by atoms with Crippen LogP contribution in [0.1, 0.15) is 11.1 Å². The fraction of sp³-hybridized carbons (Fsp3) is 0.238. The lowest BCUT2D eigenvalue weighted by molar-refractivity contribution is -0.122. The fourth-order valence-electron chi connectivity index (χ4n) is 2.55. The van der Waals surface area contributed by atoms with Crippen LogP contribution in [-0.4, -0.2) is 38.3 Å². The average molecular weight is 364 g/mol. The van der Waals surface area contributed by atoms with Crippen LogP contribution in [0.5, 0.6) is 5.75 Å². The number of carbonyl (C=O) groups is 2. The number of anilines is 1. The monoisotopic (exact) mass is 364 g/mol. The molecule has 3 rings (SSSR count). The number of cyclic esters (lactones) is 1. The van der Waals surface area contributed by atoms with E-state index in [1.54, 1.807) is 4.90 Å². The van der Waals surface area contributed by atoms with Gasteiger partial charge in [-0.2, -0.15) is 0 Å². The van der Waals surface area contributed by atoms with Gasteiger partial charge in [0.1, 0.15) is 12.4 Å². The summed E-state index contributed by atoms with van der Waals surface area (Å²) in [5.41, 5.74) is 2.57. The van der Waals surface area contributed by atoms with E-state index in [4.69, 9.17) is 9.47 Å². The Morgan fingerprint density at radius 1 is 1.22 bits per heavy atom. The Hall–Kier alpha value is -3.46. The molecule has 1 saturated heterocycles. The van der Waals surface area contributed by atoms with Gasteiger partial charge in [-0.05, 0) is 42.8 Å². The van der Waals surface area contributed by atoms with Gasteiger partial charge in [-0.25, -0.2) is 4.79 Å². The first-order chi connectivity index (χ1) is 13.1. The molecule has 0 bridgehead atoms. The minimum atomic E-state index is -0.329. The van der Waals surface area contributed by atoms with Gasteiger partial charge in [0.25, 0.3) is 5.91 Å². The molecule has 0 aliphatic carbocycles. The van der Waals surface area contributed by atoms with Crippen LogP contribution in [0, 0.1) is 18.8 Å². The lowest BCUT2D eigenvalue weighted by Gasteiger charge is -2.11. The van der Waals surface area contributed by atoms with Crippen molar-refractivity contribution < 1.29 is 19.1 Å². The highest BCUT2D eigenvalue weighted by atomic mass is 16.6.